The summed E-state index contributed by atoms with van der Waals surface area (Å²) in [5.74, 6) is -1.30. The van der Waals surface area contributed by atoms with Crippen molar-refractivity contribution in [1.29, 1.82) is 0 Å². The maximum atomic E-state index is 13.1. The molecule has 0 aliphatic carbocycles. The summed E-state index contributed by atoms with van der Waals surface area (Å²) in [6, 6.07) is 12.5. The number of hydrogen-bond acceptors (Lipinski definition) is 10. The fourth-order valence-electron chi connectivity index (χ4n) is 3.61. The van der Waals surface area contributed by atoms with Gasteiger partial charge in [-0.15, -0.1) is 0 Å². The SMILES string of the molecule is CC(=O)OC[C@H]1O[C@H](OCc2ccccc2)C[C@H](NS(=O)(=O)c2ccc([N+](=O)[O-])cc2)[C@@H]1OC(C)=O. The van der Waals surface area contributed by atoms with Crippen LogP contribution in [0.4, 0.5) is 5.69 Å². The molecule has 1 N–H and O–H groups in total. The van der Waals surface area contributed by atoms with Crippen LogP contribution in [0.2, 0.25) is 0 Å². The minimum absolute atomic E-state index is 0.0342. The Bertz CT molecular complexity index is 1170. The number of nitrogens with one attached hydrogen (secondary N) is 1. The summed E-state index contributed by atoms with van der Waals surface area (Å²) in [4.78, 5) is 33.2. The van der Waals surface area contributed by atoms with Gasteiger partial charge in [-0.1, -0.05) is 30.3 Å². The quantitative estimate of drug-likeness (QED) is 0.278. The van der Waals surface area contributed by atoms with Gasteiger partial charge in [0.1, 0.15) is 18.8 Å². The zero-order valence-corrected chi connectivity index (χ0v) is 20.4. The number of rotatable bonds is 10. The van der Waals surface area contributed by atoms with E-state index in [1.807, 2.05) is 30.3 Å². The van der Waals surface area contributed by atoms with Crippen molar-refractivity contribution in [1.82, 2.24) is 4.72 Å². The Hall–Kier alpha value is -3.39. The van der Waals surface area contributed by atoms with Crippen molar-refractivity contribution in [3.63, 3.8) is 0 Å². The first-order valence-corrected chi connectivity index (χ1v) is 12.4. The van der Waals surface area contributed by atoms with E-state index < -0.39 is 51.4 Å². The highest BCUT2D eigenvalue weighted by atomic mass is 32.2. The number of nitrogens with zero attached hydrogens (tertiary/aromatic N) is 1. The molecule has 4 atom stereocenters. The van der Waals surface area contributed by atoms with Crippen LogP contribution in [0.1, 0.15) is 25.8 Å². The third-order valence-corrected chi connectivity index (χ3v) is 6.74. The lowest BCUT2D eigenvalue weighted by Gasteiger charge is -2.40. The number of esters is 2. The van der Waals surface area contributed by atoms with Crippen molar-refractivity contribution < 1.29 is 41.9 Å². The number of carbonyl (C=O) groups is 2. The molecular formula is C23H26N2O10S. The molecule has 1 aliphatic rings. The molecule has 0 spiro atoms. The molecule has 3 rings (SSSR count). The van der Waals surface area contributed by atoms with Crippen molar-refractivity contribution in [2.75, 3.05) is 6.61 Å². The van der Waals surface area contributed by atoms with Crippen molar-refractivity contribution >= 4 is 27.6 Å². The molecule has 36 heavy (non-hydrogen) atoms. The minimum atomic E-state index is -4.20. The van der Waals surface area contributed by atoms with E-state index in [9.17, 15) is 28.1 Å². The van der Waals surface area contributed by atoms with Crippen molar-refractivity contribution in [2.24, 2.45) is 0 Å². The molecular weight excluding hydrogens is 496 g/mol. The van der Waals surface area contributed by atoms with Crippen LogP contribution in [0.25, 0.3) is 0 Å². The number of carbonyl (C=O) groups excluding carboxylic acids is 2. The Kier molecular flexibility index (Phi) is 9.09. The topological polar surface area (TPSA) is 160 Å². The van der Waals surface area contributed by atoms with E-state index in [2.05, 4.69) is 4.72 Å². The van der Waals surface area contributed by atoms with Crippen LogP contribution < -0.4 is 4.72 Å². The number of ether oxygens (including phenoxy) is 4. The van der Waals surface area contributed by atoms with Gasteiger partial charge in [-0.25, -0.2) is 13.1 Å². The standard InChI is InChI=1S/C23H26N2O10S/c1-15(26)32-14-21-23(34-16(2)27)20(12-22(35-21)33-13-17-6-4-3-5-7-17)24-36(30,31)19-10-8-18(9-11-19)25(28)29/h3-11,20-24H,12-14H2,1-2H3/t20-,21+,22-,23-/m0/s1. The maximum absolute atomic E-state index is 13.1. The third kappa shape index (κ3) is 7.55. The van der Waals surface area contributed by atoms with Gasteiger partial charge in [-0.3, -0.25) is 19.7 Å². The summed E-state index contributed by atoms with van der Waals surface area (Å²) in [6.07, 6.45) is -3.14. The summed E-state index contributed by atoms with van der Waals surface area (Å²) in [7, 11) is -4.20. The molecule has 2 aromatic carbocycles. The van der Waals surface area contributed by atoms with Gasteiger partial charge in [0.25, 0.3) is 5.69 Å². The van der Waals surface area contributed by atoms with Crippen molar-refractivity contribution in [3.05, 3.63) is 70.3 Å². The molecule has 0 saturated carbocycles. The Labute approximate surface area is 207 Å². The first-order chi connectivity index (χ1) is 17.0. The summed E-state index contributed by atoms with van der Waals surface area (Å²) in [5.41, 5.74) is 0.580. The van der Waals surface area contributed by atoms with Crippen LogP contribution in [0, 0.1) is 10.1 Å². The monoisotopic (exact) mass is 522 g/mol. The predicted molar refractivity (Wildman–Crippen MR) is 124 cm³/mol. The summed E-state index contributed by atoms with van der Waals surface area (Å²) < 4.78 is 50.8. The van der Waals surface area contributed by atoms with Gasteiger partial charge in [-0.05, 0) is 17.7 Å². The Morgan fingerprint density at radius 3 is 2.33 bits per heavy atom. The average molecular weight is 523 g/mol. The van der Waals surface area contributed by atoms with Crippen molar-refractivity contribution in [2.45, 2.75) is 56.3 Å². The lowest BCUT2D eigenvalue weighted by molar-refractivity contribution is -0.384. The molecule has 1 aliphatic heterocycles. The van der Waals surface area contributed by atoms with Gasteiger partial charge in [0.2, 0.25) is 10.0 Å². The van der Waals surface area contributed by atoms with E-state index in [1.54, 1.807) is 0 Å². The minimum Gasteiger partial charge on any atom is -0.463 e. The van der Waals surface area contributed by atoms with Crippen LogP contribution in [-0.2, 0) is 45.2 Å². The van der Waals surface area contributed by atoms with Crippen LogP contribution in [-0.4, -0.2) is 56.4 Å². The van der Waals surface area contributed by atoms with E-state index in [0.29, 0.717) is 0 Å². The predicted octanol–water partition coefficient (Wildman–Crippen LogP) is 2.07. The molecule has 1 saturated heterocycles. The zero-order chi connectivity index (χ0) is 26.3. The van der Waals surface area contributed by atoms with E-state index >= 15 is 0 Å². The van der Waals surface area contributed by atoms with Crippen LogP contribution >= 0.6 is 0 Å². The van der Waals surface area contributed by atoms with E-state index in [-0.39, 0.29) is 30.2 Å². The smallest absolute Gasteiger partial charge is 0.303 e. The maximum Gasteiger partial charge on any atom is 0.303 e. The fraction of sp³-hybridized carbons (Fsp3) is 0.391. The Morgan fingerprint density at radius 1 is 1.08 bits per heavy atom. The summed E-state index contributed by atoms with van der Waals surface area (Å²) in [6.45, 7) is 2.20. The normalized spacial score (nSPS) is 21.9. The number of benzene rings is 2. The summed E-state index contributed by atoms with van der Waals surface area (Å²) in [5, 5.41) is 10.9. The molecule has 0 unspecified atom stereocenters. The first-order valence-electron chi connectivity index (χ1n) is 10.9. The van der Waals surface area contributed by atoms with Gasteiger partial charge in [0, 0.05) is 32.4 Å². The second kappa shape index (κ2) is 12.0. The molecule has 1 fully saturated rings. The largest absolute Gasteiger partial charge is 0.463 e. The highest BCUT2D eigenvalue weighted by molar-refractivity contribution is 7.89. The number of hydrogen-bond donors (Lipinski definition) is 1. The second-order valence-electron chi connectivity index (χ2n) is 7.99. The number of nitro benzene ring substituents is 1. The summed E-state index contributed by atoms with van der Waals surface area (Å²) >= 11 is 0. The van der Waals surface area contributed by atoms with Crippen molar-refractivity contribution in [3.8, 4) is 0 Å². The van der Waals surface area contributed by atoms with E-state index in [0.717, 1.165) is 36.8 Å². The first kappa shape index (κ1) is 27.2. The van der Waals surface area contributed by atoms with Gasteiger partial charge in [0.15, 0.2) is 6.29 Å². The lowest BCUT2D eigenvalue weighted by Crippen LogP contribution is -2.58. The Morgan fingerprint density at radius 2 is 1.75 bits per heavy atom. The van der Waals surface area contributed by atoms with Crippen LogP contribution in [0.15, 0.2) is 59.5 Å². The second-order valence-corrected chi connectivity index (χ2v) is 9.71. The van der Waals surface area contributed by atoms with Gasteiger partial charge in [0.05, 0.1) is 22.5 Å². The molecule has 0 amide bonds. The lowest BCUT2D eigenvalue weighted by atomic mass is 9.99. The molecule has 12 nitrogen and oxygen atoms in total. The van der Waals surface area contributed by atoms with Gasteiger partial charge in [-0.2, -0.15) is 0 Å². The third-order valence-electron chi connectivity index (χ3n) is 5.23. The molecule has 194 valence electrons. The number of non-ortho nitro benzene ring substituents is 1. The van der Waals surface area contributed by atoms with Crippen LogP contribution in [0.3, 0.4) is 0 Å². The molecule has 1 heterocycles. The van der Waals surface area contributed by atoms with E-state index in [4.69, 9.17) is 18.9 Å². The molecule has 0 radical (unpaired) electrons. The van der Waals surface area contributed by atoms with Gasteiger partial charge < -0.3 is 18.9 Å². The van der Waals surface area contributed by atoms with Gasteiger partial charge >= 0.3 is 11.9 Å². The molecule has 0 bridgehead atoms. The zero-order valence-electron chi connectivity index (χ0n) is 19.6. The molecule has 2 aromatic rings. The average Bonchev–Trinajstić information content (AvgIpc) is 2.83. The fourth-order valence-corrected chi connectivity index (χ4v) is 4.87. The molecule has 0 aromatic heterocycles. The Balaban J connectivity index is 1.85. The highest BCUT2D eigenvalue weighted by Crippen LogP contribution is 2.27. The number of sulfonamides is 1. The highest BCUT2D eigenvalue weighted by Gasteiger charge is 2.44. The number of nitro groups is 1. The molecule has 13 heteroatoms. The van der Waals surface area contributed by atoms with E-state index in [1.165, 1.54) is 6.92 Å². The van der Waals surface area contributed by atoms with Crippen LogP contribution in [0.5, 0.6) is 0 Å².